The zero-order valence-corrected chi connectivity index (χ0v) is 10.5. The van der Waals surface area contributed by atoms with Gasteiger partial charge in [0, 0.05) is 0 Å². The molecule has 0 bridgehead atoms. The van der Waals surface area contributed by atoms with Gasteiger partial charge in [-0.1, -0.05) is 39.5 Å². The summed E-state index contributed by atoms with van der Waals surface area (Å²) in [5.74, 6) is 0. The minimum atomic E-state index is -0.0446. The van der Waals surface area contributed by atoms with Gasteiger partial charge in [0.2, 0.25) is 0 Å². The van der Waals surface area contributed by atoms with Gasteiger partial charge in [-0.3, -0.25) is 0 Å². The average Bonchev–Trinajstić information content (AvgIpc) is 2.15. The minimum absolute atomic E-state index is 0.0446. The molecule has 0 fully saturated rings. The summed E-state index contributed by atoms with van der Waals surface area (Å²) in [5, 5.41) is 9.16. The van der Waals surface area contributed by atoms with Crippen molar-refractivity contribution in [1.29, 1.82) is 0 Å². The topological polar surface area (TPSA) is 20.2 Å². The number of aliphatic hydroxyl groups excluding tert-OH is 1. The van der Waals surface area contributed by atoms with Crippen LogP contribution in [0.1, 0.15) is 52.4 Å². The van der Waals surface area contributed by atoms with Crippen LogP contribution in [0, 0.1) is 0 Å². The quantitative estimate of drug-likeness (QED) is 0.520. The number of rotatable bonds is 6. The van der Waals surface area contributed by atoms with E-state index in [1.54, 1.807) is 0 Å². The van der Waals surface area contributed by atoms with Gasteiger partial charge in [0.05, 0.1) is 6.10 Å². The molecule has 1 unspecified atom stereocenters. The van der Waals surface area contributed by atoms with E-state index in [0.29, 0.717) is 0 Å². The van der Waals surface area contributed by atoms with Crippen molar-refractivity contribution < 1.29 is 5.11 Å². The van der Waals surface area contributed by atoms with Crippen LogP contribution in [-0.4, -0.2) is 31.8 Å². The van der Waals surface area contributed by atoms with Gasteiger partial charge in [-0.05, 0) is 12.8 Å². The molecule has 1 N–H and O–H groups in total. The molecule has 0 heterocycles. The highest BCUT2D eigenvalue weighted by Crippen LogP contribution is 2.06. The van der Waals surface area contributed by atoms with Crippen LogP contribution in [0.15, 0.2) is 0 Å². The number of aliphatic hydroxyl groups is 1. The SMILES string of the molecule is CCCCCCC(O)CC.[Mg+2][Cl]. The molecule has 1 nitrogen and oxygen atoms in total. The van der Waals surface area contributed by atoms with Crippen molar-refractivity contribution >= 4 is 29.7 Å². The monoisotopic (exact) mass is 203 g/mol. The molecule has 0 saturated carbocycles. The second kappa shape index (κ2) is 14.5. The zero-order chi connectivity index (χ0) is 9.82. The molecule has 0 amide bonds. The Morgan fingerprint density at radius 1 is 1.17 bits per heavy atom. The Hall–Kier alpha value is 1.02. The summed E-state index contributed by atoms with van der Waals surface area (Å²) >= 11 is 1.33. The molecule has 7 radical (unpaired) electrons. The van der Waals surface area contributed by atoms with Crippen LogP contribution in [0.4, 0.5) is 0 Å². The van der Waals surface area contributed by atoms with Crippen LogP contribution in [-0.2, 0) is 0 Å². The van der Waals surface area contributed by atoms with E-state index in [9.17, 15) is 0 Å². The first-order chi connectivity index (χ1) is 5.81. The van der Waals surface area contributed by atoms with E-state index in [4.69, 9.17) is 5.11 Å². The molecular weight excluding hydrogens is 184 g/mol. The van der Waals surface area contributed by atoms with Gasteiger partial charge in [-0.25, -0.2) is 0 Å². The molecule has 0 rings (SSSR count). The average molecular weight is 204 g/mol. The summed E-state index contributed by atoms with van der Waals surface area (Å²) < 4.78 is 0. The first-order valence-electron chi connectivity index (χ1n) is 4.76. The lowest BCUT2D eigenvalue weighted by atomic mass is 10.1. The van der Waals surface area contributed by atoms with Crippen LogP contribution in [0.25, 0.3) is 0 Å². The predicted molar refractivity (Wildman–Crippen MR) is 56.7 cm³/mol. The molecule has 69 valence electrons. The maximum absolute atomic E-state index is 9.16. The first kappa shape index (κ1) is 15.5. The van der Waals surface area contributed by atoms with Gasteiger partial charge in [0.25, 0.3) is 0 Å². The lowest BCUT2D eigenvalue weighted by Gasteiger charge is -2.05. The highest BCUT2D eigenvalue weighted by atomic mass is 35.5. The zero-order valence-electron chi connectivity index (χ0n) is 8.35. The Kier molecular flexibility index (Phi) is 18.8. The predicted octanol–water partition coefficient (Wildman–Crippen LogP) is 3.04. The van der Waals surface area contributed by atoms with Crippen LogP contribution in [0.2, 0.25) is 0 Å². The van der Waals surface area contributed by atoms with Crippen LogP contribution < -0.4 is 0 Å². The summed E-state index contributed by atoms with van der Waals surface area (Å²) in [6, 6.07) is 0. The molecular formula is C9H20ClMgO+2. The maximum Gasteiger partial charge on any atom is 1.59 e. The fourth-order valence-electron chi connectivity index (χ4n) is 1.01. The van der Waals surface area contributed by atoms with E-state index in [0.717, 1.165) is 12.8 Å². The Morgan fingerprint density at radius 2 is 1.75 bits per heavy atom. The normalized spacial score (nSPS) is 11.8. The third-order valence-electron chi connectivity index (χ3n) is 1.86. The molecule has 12 heavy (non-hydrogen) atoms. The van der Waals surface area contributed by atoms with Crippen LogP contribution in [0.3, 0.4) is 0 Å². The van der Waals surface area contributed by atoms with E-state index in [1.807, 2.05) is 6.92 Å². The van der Waals surface area contributed by atoms with E-state index >= 15 is 0 Å². The Labute approximate surface area is 93.1 Å². The van der Waals surface area contributed by atoms with Crippen molar-refractivity contribution in [2.45, 2.75) is 58.5 Å². The summed E-state index contributed by atoms with van der Waals surface area (Å²) in [5.41, 5.74) is 0. The second-order valence-corrected chi connectivity index (χ2v) is 2.91. The lowest BCUT2D eigenvalue weighted by Crippen LogP contribution is -2.03. The molecule has 0 aliphatic rings. The van der Waals surface area contributed by atoms with E-state index < -0.39 is 0 Å². The standard InChI is InChI=1S/C9H20O.ClH.Mg/c1-3-5-6-7-8-9(10)4-2;;/h9-10H,3-8H2,1-2H3;1H;/q;;+3/p-1. The first-order valence-corrected chi connectivity index (χ1v) is 6.89. The van der Waals surface area contributed by atoms with Crippen LogP contribution >= 0.6 is 9.07 Å². The fraction of sp³-hybridized carbons (Fsp3) is 1.00. The van der Waals surface area contributed by atoms with Gasteiger partial charge in [-0.2, -0.15) is 0 Å². The largest absolute Gasteiger partial charge is 1.59 e. The Balaban J connectivity index is 0. The minimum Gasteiger partial charge on any atom is -0.393 e. The molecule has 0 aliphatic heterocycles. The summed E-state index contributed by atoms with van der Waals surface area (Å²) in [7, 11) is 4.67. The second-order valence-electron chi connectivity index (χ2n) is 2.91. The van der Waals surface area contributed by atoms with E-state index in [2.05, 4.69) is 16.0 Å². The Bertz CT molecular complexity index is 71.5. The van der Waals surface area contributed by atoms with Crippen molar-refractivity contribution in [3.63, 3.8) is 0 Å². The fourth-order valence-corrected chi connectivity index (χ4v) is 1.01. The summed E-state index contributed by atoms with van der Waals surface area (Å²) in [4.78, 5) is 0. The molecule has 3 heteroatoms. The Morgan fingerprint density at radius 3 is 2.17 bits per heavy atom. The third kappa shape index (κ3) is 13.6. The van der Waals surface area contributed by atoms with E-state index in [1.165, 1.54) is 46.3 Å². The van der Waals surface area contributed by atoms with Gasteiger partial charge in [-0.15, -0.1) is 0 Å². The molecule has 0 spiro atoms. The highest BCUT2D eigenvalue weighted by Gasteiger charge is 2.16. The number of hydrogen-bond donors (Lipinski definition) is 1. The molecule has 1 atom stereocenters. The number of halogens is 1. The van der Waals surface area contributed by atoms with Gasteiger partial charge < -0.3 is 5.11 Å². The van der Waals surface area contributed by atoms with Gasteiger partial charge in [0.1, 0.15) is 0 Å². The van der Waals surface area contributed by atoms with Crippen molar-refractivity contribution in [3.05, 3.63) is 0 Å². The maximum atomic E-state index is 9.16. The van der Waals surface area contributed by atoms with Gasteiger partial charge >= 0.3 is 29.7 Å². The molecule has 0 aromatic rings. The van der Waals surface area contributed by atoms with Crippen molar-refractivity contribution in [1.82, 2.24) is 0 Å². The molecule has 0 aliphatic carbocycles. The van der Waals surface area contributed by atoms with Crippen molar-refractivity contribution in [2.24, 2.45) is 0 Å². The summed E-state index contributed by atoms with van der Waals surface area (Å²) in [6.45, 7) is 4.24. The molecule has 0 saturated heterocycles. The highest BCUT2D eigenvalue weighted by molar-refractivity contribution is 6.80. The summed E-state index contributed by atoms with van der Waals surface area (Å²) in [6.07, 6.45) is 6.94. The number of hydrogen-bond acceptors (Lipinski definition) is 1. The lowest BCUT2D eigenvalue weighted by molar-refractivity contribution is 0.156. The van der Waals surface area contributed by atoms with Crippen molar-refractivity contribution in [3.8, 4) is 0 Å². The van der Waals surface area contributed by atoms with E-state index in [-0.39, 0.29) is 6.10 Å². The van der Waals surface area contributed by atoms with Crippen molar-refractivity contribution in [2.75, 3.05) is 0 Å². The smallest absolute Gasteiger partial charge is 0.393 e. The molecule has 0 aromatic heterocycles. The van der Waals surface area contributed by atoms with Gasteiger partial charge in [0.15, 0.2) is 0 Å². The molecule has 0 aromatic carbocycles. The van der Waals surface area contributed by atoms with Crippen LogP contribution in [0.5, 0.6) is 0 Å². The third-order valence-corrected chi connectivity index (χ3v) is 1.86. The number of unbranched alkanes of at least 4 members (excludes halogenated alkanes) is 3.